The first-order valence-electron chi connectivity index (χ1n) is 10.3. The molecule has 1 atom stereocenters. The first kappa shape index (κ1) is 23.7. The molecule has 0 radical (unpaired) electrons. The summed E-state index contributed by atoms with van der Waals surface area (Å²) in [6.45, 7) is 6.29. The van der Waals surface area contributed by atoms with Crippen molar-refractivity contribution < 1.29 is 19.1 Å². The number of hydrogen-bond donors (Lipinski definition) is 1. The first-order valence-corrected chi connectivity index (χ1v) is 11.2. The number of thioether (sulfide) groups is 1. The summed E-state index contributed by atoms with van der Waals surface area (Å²) >= 11 is 1.29. The Morgan fingerprint density at radius 3 is 2.47 bits per heavy atom. The Balaban J connectivity index is 1.72. The number of benzene rings is 2. The molecule has 2 amide bonds. The first-order chi connectivity index (χ1) is 15.3. The van der Waals surface area contributed by atoms with Gasteiger partial charge >= 0.3 is 0 Å². The zero-order valence-corrected chi connectivity index (χ0v) is 19.5. The average molecular weight is 454 g/mol. The van der Waals surface area contributed by atoms with E-state index in [4.69, 9.17) is 4.74 Å². The van der Waals surface area contributed by atoms with Gasteiger partial charge in [-0.25, -0.2) is 4.99 Å². The number of Topliss-reactive ketones (excluding diaryl/α,β-unsaturated/α-hetero) is 1. The van der Waals surface area contributed by atoms with Gasteiger partial charge in [0.15, 0.2) is 11.0 Å². The van der Waals surface area contributed by atoms with Crippen LogP contribution in [-0.2, 0) is 14.3 Å². The van der Waals surface area contributed by atoms with E-state index in [1.165, 1.54) is 24.2 Å². The molecule has 1 heterocycles. The van der Waals surface area contributed by atoms with E-state index in [2.05, 4.69) is 10.3 Å². The molecule has 1 unspecified atom stereocenters. The zero-order valence-electron chi connectivity index (χ0n) is 18.7. The number of ketones is 1. The summed E-state index contributed by atoms with van der Waals surface area (Å²) in [5.74, 6) is -0.468. The summed E-state index contributed by atoms with van der Waals surface area (Å²) in [5.41, 5.74) is 4.21. The summed E-state index contributed by atoms with van der Waals surface area (Å²) in [7, 11) is 1.58. The fraction of sp³-hybridized carbons (Fsp3) is 0.333. The molecule has 2 aromatic carbocycles. The number of hydrogen-bond acceptors (Lipinski definition) is 6. The van der Waals surface area contributed by atoms with E-state index in [1.54, 1.807) is 36.3 Å². The van der Waals surface area contributed by atoms with Crippen molar-refractivity contribution in [2.24, 2.45) is 4.99 Å². The minimum atomic E-state index is -0.561. The van der Waals surface area contributed by atoms with E-state index in [0.717, 1.165) is 11.3 Å². The highest BCUT2D eigenvalue weighted by atomic mass is 32.2. The van der Waals surface area contributed by atoms with E-state index in [-0.39, 0.29) is 24.0 Å². The maximum atomic E-state index is 13.0. The van der Waals surface area contributed by atoms with Gasteiger partial charge in [0.05, 0.1) is 18.8 Å². The number of rotatable bonds is 8. The summed E-state index contributed by atoms with van der Waals surface area (Å²) in [6, 6.07) is 12.6. The minimum absolute atomic E-state index is 0.0212. The number of carbonyl (C=O) groups excluding carboxylic acids is 3. The number of methoxy groups -OCH3 is 1. The second-order valence-corrected chi connectivity index (χ2v) is 8.81. The molecule has 1 saturated heterocycles. The van der Waals surface area contributed by atoms with Gasteiger partial charge < -0.3 is 10.1 Å². The van der Waals surface area contributed by atoms with Gasteiger partial charge in [0.2, 0.25) is 11.8 Å². The summed E-state index contributed by atoms with van der Waals surface area (Å²) in [4.78, 5) is 43.2. The lowest BCUT2D eigenvalue weighted by Crippen LogP contribution is -2.35. The van der Waals surface area contributed by atoms with E-state index in [1.807, 2.05) is 32.0 Å². The maximum Gasteiger partial charge on any atom is 0.242 e. The largest absolute Gasteiger partial charge is 0.383 e. The van der Waals surface area contributed by atoms with Crippen molar-refractivity contribution >= 4 is 45.9 Å². The molecule has 0 aliphatic carbocycles. The number of nitrogens with one attached hydrogen (secondary N) is 1. The molecule has 1 aliphatic heterocycles. The molecule has 3 rings (SSSR count). The number of aryl methyl sites for hydroxylation is 2. The Kier molecular flexibility index (Phi) is 7.82. The molecule has 0 spiro atoms. The molecular weight excluding hydrogens is 426 g/mol. The molecule has 168 valence electrons. The number of amidine groups is 1. The van der Waals surface area contributed by atoms with Crippen molar-refractivity contribution in [3.8, 4) is 0 Å². The van der Waals surface area contributed by atoms with Crippen LogP contribution in [-0.4, -0.2) is 53.2 Å². The number of nitrogens with zero attached hydrogens (tertiary/aromatic N) is 2. The third-order valence-electron chi connectivity index (χ3n) is 5.20. The molecule has 1 fully saturated rings. The molecule has 0 saturated carbocycles. The fourth-order valence-corrected chi connectivity index (χ4v) is 4.37. The average Bonchev–Trinajstić information content (AvgIpc) is 3.03. The smallest absolute Gasteiger partial charge is 0.242 e. The van der Waals surface area contributed by atoms with Gasteiger partial charge in [0, 0.05) is 24.8 Å². The van der Waals surface area contributed by atoms with Crippen molar-refractivity contribution in [3.63, 3.8) is 0 Å². The number of ether oxygens (including phenoxy) is 1. The van der Waals surface area contributed by atoms with Gasteiger partial charge in [-0.05, 0) is 68.3 Å². The Hall–Kier alpha value is -2.97. The van der Waals surface area contributed by atoms with Gasteiger partial charge in [0.1, 0.15) is 5.25 Å². The molecule has 1 aliphatic rings. The molecular formula is C24H27N3O4S. The number of carbonyl (C=O) groups is 3. The second kappa shape index (κ2) is 10.6. The molecule has 1 N–H and O–H groups in total. The maximum absolute atomic E-state index is 13.0. The highest BCUT2D eigenvalue weighted by Gasteiger charge is 2.39. The van der Waals surface area contributed by atoms with Crippen LogP contribution in [0, 0.1) is 13.8 Å². The van der Waals surface area contributed by atoms with E-state index >= 15 is 0 Å². The Morgan fingerprint density at radius 1 is 1.12 bits per heavy atom. The van der Waals surface area contributed by atoms with E-state index < -0.39 is 5.25 Å². The van der Waals surface area contributed by atoms with Crippen LogP contribution in [0.4, 0.5) is 11.4 Å². The number of anilines is 1. The van der Waals surface area contributed by atoms with Crippen LogP contribution in [0.5, 0.6) is 0 Å². The van der Waals surface area contributed by atoms with E-state index in [0.29, 0.717) is 29.6 Å². The SMILES string of the molecule is COCCN1C(=O)C(CC(=O)Nc2ccc(C(C)=O)cc2)SC1=Nc1ccc(C)c(C)c1. The summed E-state index contributed by atoms with van der Waals surface area (Å²) in [5, 5.41) is 2.80. The monoisotopic (exact) mass is 453 g/mol. The van der Waals surface area contributed by atoms with Gasteiger partial charge in [0.25, 0.3) is 0 Å². The van der Waals surface area contributed by atoms with Crippen LogP contribution in [0.15, 0.2) is 47.5 Å². The molecule has 2 aromatic rings. The van der Waals surface area contributed by atoms with Crippen LogP contribution in [0.2, 0.25) is 0 Å². The lowest BCUT2D eigenvalue weighted by atomic mass is 10.1. The van der Waals surface area contributed by atoms with Gasteiger partial charge in [-0.3, -0.25) is 19.3 Å². The van der Waals surface area contributed by atoms with Crippen LogP contribution in [0.1, 0.15) is 34.8 Å². The Morgan fingerprint density at radius 2 is 1.84 bits per heavy atom. The molecule has 7 nitrogen and oxygen atoms in total. The number of amides is 2. The van der Waals surface area contributed by atoms with Crippen molar-refractivity contribution in [2.75, 3.05) is 25.6 Å². The third-order valence-corrected chi connectivity index (χ3v) is 6.38. The predicted molar refractivity (Wildman–Crippen MR) is 128 cm³/mol. The quantitative estimate of drug-likeness (QED) is 0.608. The topological polar surface area (TPSA) is 88.1 Å². The van der Waals surface area contributed by atoms with E-state index in [9.17, 15) is 14.4 Å². The van der Waals surface area contributed by atoms with Crippen molar-refractivity contribution in [3.05, 3.63) is 59.2 Å². The summed E-state index contributed by atoms with van der Waals surface area (Å²) < 4.78 is 5.15. The van der Waals surface area contributed by atoms with Crippen LogP contribution in [0.25, 0.3) is 0 Å². The normalized spacial score (nSPS) is 17.1. The van der Waals surface area contributed by atoms with Crippen LogP contribution < -0.4 is 5.32 Å². The fourth-order valence-electron chi connectivity index (χ4n) is 3.19. The molecule has 8 heteroatoms. The lowest BCUT2D eigenvalue weighted by molar-refractivity contribution is -0.128. The zero-order chi connectivity index (χ0) is 23.3. The van der Waals surface area contributed by atoms with Crippen molar-refractivity contribution in [1.82, 2.24) is 4.90 Å². The highest BCUT2D eigenvalue weighted by Crippen LogP contribution is 2.32. The predicted octanol–water partition coefficient (Wildman–Crippen LogP) is 4.11. The Bertz CT molecular complexity index is 1050. The van der Waals surface area contributed by atoms with Crippen molar-refractivity contribution in [2.45, 2.75) is 32.4 Å². The van der Waals surface area contributed by atoms with Gasteiger partial charge in [-0.15, -0.1) is 0 Å². The molecule has 0 bridgehead atoms. The van der Waals surface area contributed by atoms with Crippen LogP contribution in [0.3, 0.4) is 0 Å². The number of aliphatic imine (C=N–C) groups is 1. The lowest BCUT2D eigenvalue weighted by Gasteiger charge is -2.16. The summed E-state index contributed by atoms with van der Waals surface area (Å²) in [6.07, 6.45) is 0.0212. The minimum Gasteiger partial charge on any atom is -0.383 e. The van der Waals surface area contributed by atoms with Gasteiger partial charge in [-0.1, -0.05) is 17.8 Å². The second-order valence-electron chi connectivity index (χ2n) is 7.64. The Labute approximate surface area is 192 Å². The van der Waals surface area contributed by atoms with Gasteiger partial charge in [-0.2, -0.15) is 0 Å². The molecule has 32 heavy (non-hydrogen) atoms. The molecule has 0 aromatic heterocycles. The van der Waals surface area contributed by atoms with Crippen molar-refractivity contribution in [1.29, 1.82) is 0 Å². The van der Waals surface area contributed by atoms with Crippen LogP contribution >= 0.6 is 11.8 Å². The third kappa shape index (κ3) is 5.83. The standard InChI is InChI=1S/C24H27N3O4S/c1-15-5-8-20(13-16(15)2)26-24-27(11-12-31-4)23(30)21(32-24)14-22(29)25-19-9-6-18(7-10-19)17(3)28/h5-10,13,21H,11-12,14H2,1-4H3,(H,25,29). The highest BCUT2D eigenvalue weighted by molar-refractivity contribution is 8.15.